The summed E-state index contributed by atoms with van der Waals surface area (Å²) >= 11 is 0. The molecule has 0 saturated carbocycles. The Kier molecular flexibility index (Phi) is 4.24. The van der Waals surface area contributed by atoms with Gasteiger partial charge in [-0.05, 0) is 31.5 Å². The smallest absolute Gasteiger partial charge is 0.180 e. The maximum atomic E-state index is 12.2. The van der Waals surface area contributed by atoms with E-state index in [1.165, 1.54) is 0 Å². The molecule has 1 unspecified atom stereocenters. The first-order chi connectivity index (χ1) is 8.63. The van der Waals surface area contributed by atoms with Crippen LogP contribution in [0.25, 0.3) is 0 Å². The lowest BCUT2D eigenvalue weighted by Crippen LogP contribution is -2.23. The van der Waals surface area contributed by atoms with Crippen LogP contribution in [0.5, 0.6) is 0 Å². The fourth-order valence-electron chi connectivity index (χ4n) is 2.23. The van der Waals surface area contributed by atoms with Gasteiger partial charge < -0.3 is 10.6 Å². The average molecular weight is 268 g/mol. The first-order valence-corrected chi connectivity index (χ1v) is 8.08. The lowest BCUT2D eigenvalue weighted by atomic mass is 10.2. The highest BCUT2D eigenvalue weighted by Crippen LogP contribution is 2.24. The number of sulfone groups is 1. The second kappa shape index (κ2) is 5.71. The molecule has 1 aromatic rings. The standard InChI is InChI=1S/C13H20N2O2S/c1-2-9-18(16,17)13-6-4-3-5-12(13)15-11-7-8-14-10-11/h3-6,11,14-15H,2,7-10H2,1H3. The minimum absolute atomic E-state index is 0.203. The zero-order chi connectivity index (χ0) is 13.0. The van der Waals surface area contributed by atoms with Crippen molar-refractivity contribution in [1.82, 2.24) is 5.32 Å². The van der Waals surface area contributed by atoms with Crippen LogP contribution in [0.3, 0.4) is 0 Å². The van der Waals surface area contributed by atoms with Crippen LogP contribution >= 0.6 is 0 Å². The highest BCUT2D eigenvalue weighted by atomic mass is 32.2. The Morgan fingerprint density at radius 3 is 2.83 bits per heavy atom. The number of anilines is 1. The normalized spacial score (nSPS) is 19.9. The van der Waals surface area contributed by atoms with Gasteiger partial charge in [0, 0.05) is 12.6 Å². The van der Waals surface area contributed by atoms with Crippen molar-refractivity contribution in [3.05, 3.63) is 24.3 Å². The summed E-state index contributed by atoms with van der Waals surface area (Å²) in [6, 6.07) is 7.51. The van der Waals surface area contributed by atoms with Crippen LogP contribution in [0.2, 0.25) is 0 Å². The Bertz CT molecular complexity index is 493. The zero-order valence-electron chi connectivity index (χ0n) is 10.6. The Labute approximate surface area is 109 Å². The number of benzene rings is 1. The Morgan fingerprint density at radius 1 is 1.39 bits per heavy atom. The maximum Gasteiger partial charge on any atom is 0.180 e. The molecule has 1 heterocycles. The maximum absolute atomic E-state index is 12.2. The van der Waals surface area contributed by atoms with Crippen LogP contribution < -0.4 is 10.6 Å². The highest BCUT2D eigenvalue weighted by Gasteiger charge is 2.20. The van der Waals surface area contributed by atoms with Gasteiger partial charge >= 0.3 is 0 Å². The van der Waals surface area contributed by atoms with E-state index in [9.17, 15) is 8.42 Å². The molecular weight excluding hydrogens is 248 g/mol. The van der Waals surface area contributed by atoms with Gasteiger partial charge in [-0.2, -0.15) is 0 Å². The highest BCUT2D eigenvalue weighted by molar-refractivity contribution is 7.91. The van der Waals surface area contributed by atoms with Crippen LogP contribution in [0, 0.1) is 0 Å². The van der Waals surface area contributed by atoms with Crippen molar-refractivity contribution >= 4 is 15.5 Å². The summed E-state index contributed by atoms with van der Waals surface area (Å²) in [5.74, 6) is 0.203. The van der Waals surface area contributed by atoms with Crippen molar-refractivity contribution in [3.8, 4) is 0 Å². The van der Waals surface area contributed by atoms with Gasteiger partial charge in [0.15, 0.2) is 9.84 Å². The molecule has 1 fully saturated rings. The van der Waals surface area contributed by atoms with Gasteiger partial charge in [0.25, 0.3) is 0 Å². The number of nitrogens with one attached hydrogen (secondary N) is 2. The molecule has 1 saturated heterocycles. The first-order valence-electron chi connectivity index (χ1n) is 6.42. The zero-order valence-corrected chi connectivity index (χ0v) is 11.5. The summed E-state index contributed by atoms with van der Waals surface area (Å²) in [7, 11) is -3.17. The van der Waals surface area contributed by atoms with Gasteiger partial charge in [-0.3, -0.25) is 0 Å². The molecule has 2 N–H and O–H groups in total. The molecule has 0 amide bonds. The Hall–Kier alpha value is -1.07. The van der Waals surface area contributed by atoms with E-state index in [1.54, 1.807) is 12.1 Å². The number of hydrogen-bond donors (Lipinski definition) is 2. The number of hydrogen-bond acceptors (Lipinski definition) is 4. The van der Waals surface area contributed by atoms with Crippen molar-refractivity contribution in [2.45, 2.75) is 30.7 Å². The molecule has 2 rings (SSSR count). The van der Waals surface area contributed by atoms with Crippen LogP contribution in [-0.4, -0.2) is 33.3 Å². The Balaban J connectivity index is 2.24. The summed E-state index contributed by atoms with van der Waals surface area (Å²) in [5, 5.41) is 6.60. The van der Waals surface area contributed by atoms with E-state index in [4.69, 9.17) is 0 Å². The minimum atomic E-state index is -3.17. The van der Waals surface area contributed by atoms with E-state index in [0.717, 1.165) is 25.2 Å². The molecule has 5 heteroatoms. The second-order valence-corrected chi connectivity index (χ2v) is 6.73. The molecule has 0 bridgehead atoms. The average Bonchev–Trinajstić information content (AvgIpc) is 2.82. The fourth-order valence-corrected chi connectivity index (χ4v) is 3.74. The third-order valence-corrected chi connectivity index (χ3v) is 5.09. The second-order valence-electron chi connectivity index (χ2n) is 4.65. The lowest BCUT2D eigenvalue weighted by molar-refractivity contribution is 0.595. The number of para-hydroxylation sites is 1. The lowest BCUT2D eigenvalue weighted by Gasteiger charge is -2.16. The molecule has 0 aliphatic carbocycles. The van der Waals surface area contributed by atoms with Crippen LogP contribution in [0.15, 0.2) is 29.2 Å². The largest absolute Gasteiger partial charge is 0.380 e. The molecule has 18 heavy (non-hydrogen) atoms. The van der Waals surface area contributed by atoms with Gasteiger partial charge in [-0.15, -0.1) is 0 Å². The topological polar surface area (TPSA) is 58.2 Å². The summed E-state index contributed by atoms with van der Waals surface area (Å²) in [6.07, 6.45) is 1.67. The van der Waals surface area contributed by atoms with Crippen molar-refractivity contribution in [2.75, 3.05) is 24.2 Å². The van der Waals surface area contributed by atoms with Gasteiger partial charge in [0.2, 0.25) is 0 Å². The van der Waals surface area contributed by atoms with Crippen molar-refractivity contribution in [1.29, 1.82) is 0 Å². The van der Waals surface area contributed by atoms with E-state index in [-0.39, 0.29) is 5.75 Å². The van der Waals surface area contributed by atoms with Crippen LogP contribution in [0.4, 0.5) is 5.69 Å². The molecule has 0 aromatic heterocycles. The third kappa shape index (κ3) is 3.03. The SMILES string of the molecule is CCCS(=O)(=O)c1ccccc1NC1CCNC1. The summed E-state index contributed by atoms with van der Waals surface area (Å²) in [4.78, 5) is 0.429. The fraction of sp³-hybridized carbons (Fsp3) is 0.538. The molecular formula is C13H20N2O2S. The molecule has 0 radical (unpaired) electrons. The summed E-state index contributed by atoms with van der Waals surface area (Å²) in [5.41, 5.74) is 0.736. The summed E-state index contributed by atoms with van der Waals surface area (Å²) in [6.45, 7) is 3.76. The number of rotatable bonds is 5. The van der Waals surface area contributed by atoms with E-state index >= 15 is 0 Å². The third-order valence-electron chi connectivity index (χ3n) is 3.11. The molecule has 1 aromatic carbocycles. The molecule has 100 valence electrons. The predicted molar refractivity (Wildman–Crippen MR) is 73.7 cm³/mol. The molecule has 4 nitrogen and oxygen atoms in total. The van der Waals surface area contributed by atoms with Crippen LogP contribution in [0.1, 0.15) is 19.8 Å². The van der Waals surface area contributed by atoms with E-state index in [1.807, 2.05) is 19.1 Å². The molecule has 1 aliphatic rings. The van der Waals surface area contributed by atoms with Crippen molar-refractivity contribution in [3.63, 3.8) is 0 Å². The van der Waals surface area contributed by atoms with Gasteiger partial charge in [0.05, 0.1) is 16.3 Å². The first kappa shape index (κ1) is 13.4. The van der Waals surface area contributed by atoms with E-state index in [2.05, 4.69) is 10.6 Å². The van der Waals surface area contributed by atoms with E-state index < -0.39 is 9.84 Å². The quantitative estimate of drug-likeness (QED) is 0.852. The minimum Gasteiger partial charge on any atom is -0.380 e. The van der Waals surface area contributed by atoms with E-state index in [0.29, 0.717) is 17.4 Å². The molecule has 0 spiro atoms. The van der Waals surface area contributed by atoms with Gasteiger partial charge in [-0.1, -0.05) is 19.1 Å². The molecule has 1 aliphatic heterocycles. The monoisotopic (exact) mass is 268 g/mol. The predicted octanol–water partition coefficient (Wildman–Crippen LogP) is 1.64. The van der Waals surface area contributed by atoms with Gasteiger partial charge in [0.1, 0.15) is 0 Å². The molecule has 1 atom stereocenters. The van der Waals surface area contributed by atoms with Gasteiger partial charge in [-0.25, -0.2) is 8.42 Å². The van der Waals surface area contributed by atoms with Crippen molar-refractivity contribution < 1.29 is 8.42 Å². The Morgan fingerprint density at radius 2 is 2.17 bits per heavy atom. The summed E-state index contributed by atoms with van der Waals surface area (Å²) < 4.78 is 24.3. The van der Waals surface area contributed by atoms with Crippen LogP contribution in [-0.2, 0) is 9.84 Å². The van der Waals surface area contributed by atoms with Crippen molar-refractivity contribution in [2.24, 2.45) is 0 Å².